The second-order valence-electron chi connectivity index (χ2n) is 6.84. The summed E-state index contributed by atoms with van der Waals surface area (Å²) in [7, 11) is 1.13. The molecule has 33 heavy (non-hydrogen) atoms. The van der Waals surface area contributed by atoms with Gasteiger partial charge in [-0.2, -0.15) is 28.8 Å². The summed E-state index contributed by atoms with van der Waals surface area (Å²) in [6.07, 6.45) is -1.41. The van der Waals surface area contributed by atoms with E-state index >= 15 is 0 Å². The predicted molar refractivity (Wildman–Crippen MR) is 105 cm³/mol. The standard InChI is InChI=1S/C20H17F3N6O4/c1-12(17(30)32-3)10-33-19(2,11-29-9-13(5-24)7-27-29)18(31)28-14-4-15(20(21,22)23)16(6-25)26-8-14/h4,7-9H,1,10-11H2,2-3H3,(H,28,31)/t19-/m0/s1. The van der Waals surface area contributed by atoms with Crippen LogP contribution in [0.3, 0.4) is 0 Å². The van der Waals surface area contributed by atoms with E-state index < -0.39 is 41.5 Å². The lowest BCUT2D eigenvalue weighted by molar-refractivity contribution is -0.144. The van der Waals surface area contributed by atoms with Crippen molar-refractivity contribution in [1.29, 1.82) is 10.5 Å². The molecule has 0 unspecified atom stereocenters. The molecule has 2 rings (SSSR count). The van der Waals surface area contributed by atoms with Crippen LogP contribution in [0.5, 0.6) is 0 Å². The molecule has 1 N–H and O–H groups in total. The minimum atomic E-state index is -4.88. The van der Waals surface area contributed by atoms with E-state index in [4.69, 9.17) is 15.3 Å². The first-order valence-electron chi connectivity index (χ1n) is 9.05. The molecule has 2 aromatic rings. The molecule has 2 aromatic heterocycles. The van der Waals surface area contributed by atoms with E-state index in [-0.39, 0.29) is 23.4 Å². The highest BCUT2D eigenvalue weighted by Crippen LogP contribution is 2.32. The highest BCUT2D eigenvalue weighted by molar-refractivity contribution is 5.97. The third-order valence-corrected chi connectivity index (χ3v) is 4.30. The maximum Gasteiger partial charge on any atom is 0.419 e. The molecule has 0 saturated heterocycles. The van der Waals surface area contributed by atoms with E-state index in [0.717, 1.165) is 13.3 Å². The van der Waals surface area contributed by atoms with Gasteiger partial charge < -0.3 is 14.8 Å². The van der Waals surface area contributed by atoms with Gasteiger partial charge >= 0.3 is 12.1 Å². The zero-order chi connectivity index (χ0) is 24.8. The number of anilines is 1. The van der Waals surface area contributed by atoms with E-state index in [1.165, 1.54) is 30.1 Å². The number of nitrogens with one attached hydrogen (secondary N) is 1. The van der Waals surface area contributed by atoms with E-state index in [1.54, 1.807) is 0 Å². The molecule has 1 atom stereocenters. The molecule has 2 heterocycles. The summed E-state index contributed by atoms with van der Waals surface area (Å²) < 4.78 is 51.0. The van der Waals surface area contributed by atoms with Gasteiger partial charge in [-0.3, -0.25) is 9.48 Å². The maximum absolute atomic E-state index is 13.2. The molecule has 0 radical (unpaired) electrons. The van der Waals surface area contributed by atoms with Gasteiger partial charge in [0.2, 0.25) is 0 Å². The topological polar surface area (TPSA) is 143 Å². The number of nitriles is 2. The fourth-order valence-corrected chi connectivity index (χ4v) is 2.55. The lowest BCUT2D eigenvalue weighted by atomic mass is 10.0. The van der Waals surface area contributed by atoms with Crippen LogP contribution < -0.4 is 5.32 Å². The molecule has 0 aliphatic heterocycles. The Hall–Kier alpha value is -4.23. The van der Waals surface area contributed by atoms with Crippen molar-refractivity contribution >= 4 is 17.6 Å². The van der Waals surface area contributed by atoms with Crippen molar-refractivity contribution in [3.05, 3.63) is 53.6 Å². The molecule has 0 fully saturated rings. The number of ether oxygens (including phenoxy) is 2. The Morgan fingerprint density at radius 3 is 2.52 bits per heavy atom. The van der Waals surface area contributed by atoms with Crippen molar-refractivity contribution in [2.45, 2.75) is 25.2 Å². The number of halogens is 3. The first-order chi connectivity index (χ1) is 15.4. The van der Waals surface area contributed by atoms with Crippen LogP contribution in [0.1, 0.15) is 23.7 Å². The normalized spacial score (nSPS) is 12.7. The SMILES string of the molecule is C=C(CO[C@@](C)(Cn1cc(C#N)cn1)C(=O)Nc1cnc(C#N)c(C(F)(F)F)c1)C(=O)OC. The van der Waals surface area contributed by atoms with Crippen LogP contribution in [0, 0.1) is 22.7 Å². The average Bonchev–Trinajstić information content (AvgIpc) is 3.23. The number of hydrogen-bond donors (Lipinski definition) is 1. The Labute approximate surface area is 185 Å². The summed E-state index contributed by atoms with van der Waals surface area (Å²) in [5, 5.41) is 24.0. The zero-order valence-electron chi connectivity index (χ0n) is 17.4. The minimum Gasteiger partial charge on any atom is -0.466 e. The number of carbonyl (C=O) groups excluding carboxylic acids is 2. The monoisotopic (exact) mass is 462 g/mol. The van der Waals surface area contributed by atoms with Gasteiger partial charge in [0.25, 0.3) is 5.91 Å². The predicted octanol–water partition coefficient (Wildman–Crippen LogP) is 2.18. The van der Waals surface area contributed by atoms with Crippen LogP contribution in [-0.2, 0) is 31.8 Å². The summed E-state index contributed by atoms with van der Waals surface area (Å²) in [5.74, 6) is -1.69. The van der Waals surface area contributed by atoms with Crippen molar-refractivity contribution in [2.75, 3.05) is 19.0 Å². The zero-order valence-corrected chi connectivity index (χ0v) is 17.4. The Morgan fingerprint density at radius 2 is 1.97 bits per heavy atom. The van der Waals surface area contributed by atoms with Gasteiger partial charge in [-0.1, -0.05) is 6.58 Å². The van der Waals surface area contributed by atoms with Gasteiger partial charge in [-0.25, -0.2) is 9.78 Å². The smallest absolute Gasteiger partial charge is 0.419 e. The molecule has 0 aliphatic carbocycles. The van der Waals surface area contributed by atoms with Crippen LogP contribution in [0.25, 0.3) is 0 Å². The number of rotatable bonds is 8. The van der Waals surface area contributed by atoms with Crippen molar-refractivity contribution in [1.82, 2.24) is 14.8 Å². The van der Waals surface area contributed by atoms with Gasteiger partial charge in [-0.15, -0.1) is 0 Å². The van der Waals surface area contributed by atoms with E-state index in [0.29, 0.717) is 6.07 Å². The van der Waals surface area contributed by atoms with Crippen LogP contribution in [0.4, 0.5) is 18.9 Å². The summed E-state index contributed by atoms with van der Waals surface area (Å²) in [6, 6.07) is 3.78. The average molecular weight is 462 g/mol. The Morgan fingerprint density at radius 1 is 1.27 bits per heavy atom. The van der Waals surface area contributed by atoms with Crippen LogP contribution in [0.15, 0.2) is 36.8 Å². The quantitative estimate of drug-likeness (QED) is 0.465. The number of alkyl halides is 3. The largest absolute Gasteiger partial charge is 0.466 e. The number of methoxy groups -OCH3 is 1. The van der Waals surface area contributed by atoms with E-state index in [9.17, 15) is 22.8 Å². The number of carbonyl (C=O) groups is 2. The fraction of sp³-hybridized carbons (Fsp3) is 0.300. The van der Waals surface area contributed by atoms with Crippen LogP contribution in [-0.4, -0.2) is 46.0 Å². The molecule has 0 spiro atoms. The molecule has 0 bridgehead atoms. The second-order valence-corrected chi connectivity index (χ2v) is 6.84. The van der Waals surface area contributed by atoms with Crippen LogP contribution in [0.2, 0.25) is 0 Å². The number of pyridine rings is 1. The van der Waals surface area contributed by atoms with Crippen molar-refractivity contribution in [3.8, 4) is 12.1 Å². The van der Waals surface area contributed by atoms with Crippen molar-refractivity contribution in [2.24, 2.45) is 0 Å². The van der Waals surface area contributed by atoms with Crippen molar-refractivity contribution < 1.29 is 32.2 Å². The van der Waals surface area contributed by atoms with Crippen LogP contribution >= 0.6 is 0 Å². The van der Waals surface area contributed by atoms with Gasteiger partial charge in [-0.05, 0) is 13.0 Å². The first kappa shape index (κ1) is 25.0. The summed E-state index contributed by atoms with van der Waals surface area (Å²) >= 11 is 0. The van der Waals surface area contributed by atoms with Gasteiger partial charge in [0.05, 0.1) is 55.0 Å². The third-order valence-electron chi connectivity index (χ3n) is 4.30. The molecule has 13 heteroatoms. The highest BCUT2D eigenvalue weighted by Gasteiger charge is 2.38. The molecule has 0 saturated carbocycles. The fourth-order valence-electron chi connectivity index (χ4n) is 2.55. The Balaban J connectivity index is 2.34. The molecular weight excluding hydrogens is 445 g/mol. The highest BCUT2D eigenvalue weighted by atomic mass is 19.4. The van der Waals surface area contributed by atoms with Crippen molar-refractivity contribution in [3.63, 3.8) is 0 Å². The number of esters is 1. The summed E-state index contributed by atoms with van der Waals surface area (Å²) in [4.78, 5) is 28.0. The molecular formula is C20H17F3N6O4. The first-order valence-corrected chi connectivity index (χ1v) is 9.05. The molecule has 0 aromatic carbocycles. The lowest BCUT2D eigenvalue weighted by Gasteiger charge is -2.29. The van der Waals surface area contributed by atoms with Gasteiger partial charge in [0.1, 0.15) is 12.1 Å². The Bertz CT molecular complexity index is 1160. The third kappa shape index (κ3) is 6.15. The number of nitrogens with zero attached hydrogens (tertiary/aromatic N) is 5. The van der Waals surface area contributed by atoms with E-state index in [2.05, 4.69) is 26.7 Å². The minimum absolute atomic E-state index is 0.117. The molecule has 10 nitrogen and oxygen atoms in total. The Kier molecular flexibility index (Phi) is 7.53. The lowest BCUT2D eigenvalue weighted by Crippen LogP contribution is -2.47. The molecule has 172 valence electrons. The molecule has 0 aliphatic rings. The second kappa shape index (κ2) is 9.93. The summed E-state index contributed by atoms with van der Waals surface area (Å²) in [6.45, 7) is 4.08. The van der Waals surface area contributed by atoms with E-state index in [1.807, 2.05) is 6.07 Å². The van der Waals surface area contributed by atoms with Gasteiger partial charge in [0.15, 0.2) is 11.3 Å². The maximum atomic E-state index is 13.2. The molecule has 1 amide bonds. The number of amides is 1. The number of hydrogen-bond acceptors (Lipinski definition) is 8. The van der Waals surface area contributed by atoms with Gasteiger partial charge in [0, 0.05) is 6.20 Å². The summed E-state index contributed by atoms with van der Waals surface area (Å²) in [5.41, 5.74) is -4.23. The number of aromatic nitrogens is 3.